The summed E-state index contributed by atoms with van der Waals surface area (Å²) in [6.45, 7) is 5.51. The standard InChI is InChI=1S/C15H21FN2O2S/c16-13-1-3-14(4-2-13)21-12-11-18-9-7-17(8-10-18)6-5-15(19)20/h1-4H,5-12H2,(H,19,20). The normalized spacial score (nSPS) is 17.0. The number of hydrogen-bond acceptors (Lipinski definition) is 4. The number of carbonyl (C=O) groups is 1. The number of benzene rings is 1. The average molecular weight is 312 g/mol. The Morgan fingerprint density at radius 3 is 2.24 bits per heavy atom. The van der Waals surface area contributed by atoms with Gasteiger partial charge in [-0.1, -0.05) is 0 Å². The molecule has 0 aromatic heterocycles. The molecule has 0 aliphatic carbocycles. The third-order valence-electron chi connectivity index (χ3n) is 3.60. The van der Waals surface area contributed by atoms with E-state index < -0.39 is 5.97 Å². The number of halogens is 1. The molecule has 4 nitrogen and oxygen atoms in total. The van der Waals surface area contributed by atoms with E-state index in [1.54, 1.807) is 11.8 Å². The number of thioether (sulfide) groups is 1. The smallest absolute Gasteiger partial charge is 0.304 e. The summed E-state index contributed by atoms with van der Waals surface area (Å²) in [5, 5.41) is 8.67. The maximum Gasteiger partial charge on any atom is 0.304 e. The molecule has 1 heterocycles. The largest absolute Gasteiger partial charge is 0.481 e. The molecule has 0 unspecified atom stereocenters. The summed E-state index contributed by atoms with van der Waals surface area (Å²) in [6, 6.07) is 6.60. The first-order valence-electron chi connectivity index (χ1n) is 7.18. The van der Waals surface area contributed by atoms with Gasteiger partial charge in [0.2, 0.25) is 0 Å². The molecule has 1 aliphatic rings. The highest BCUT2D eigenvalue weighted by molar-refractivity contribution is 7.99. The molecule has 1 fully saturated rings. The van der Waals surface area contributed by atoms with Crippen molar-refractivity contribution in [2.24, 2.45) is 0 Å². The first-order valence-corrected chi connectivity index (χ1v) is 8.17. The molecule has 2 rings (SSSR count). The maximum atomic E-state index is 12.8. The molecule has 1 saturated heterocycles. The van der Waals surface area contributed by atoms with Gasteiger partial charge in [0.1, 0.15) is 5.82 Å². The maximum absolute atomic E-state index is 12.8. The molecule has 1 aromatic rings. The fourth-order valence-electron chi connectivity index (χ4n) is 2.31. The van der Waals surface area contributed by atoms with Crippen molar-refractivity contribution in [2.75, 3.05) is 45.0 Å². The molecule has 0 saturated carbocycles. The van der Waals surface area contributed by atoms with Crippen LogP contribution in [0.5, 0.6) is 0 Å². The van der Waals surface area contributed by atoms with Crippen molar-refractivity contribution >= 4 is 17.7 Å². The molecule has 21 heavy (non-hydrogen) atoms. The molecule has 0 bridgehead atoms. The Kier molecular flexibility index (Phi) is 6.48. The summed E-state index contributed by atoms with van der Waals surface area (Å²) in [5.74, 6) is 0.0609. The molecule has 0 amide bonds. The van der Waals surface area contributed by atoms with Crippen LogP contribution in [0.2, 0.25) is 0 Å². The van der Waals surface area contributed by atoms with Gasteiger partial charge in [-0.15, -0.1) is 11.8 Å². The minimum absolute atomic E-state index is 0.197. The van der Waals surface area contributed by atoms with Crippen LogP contribution in [0.1, 0.15) is 6.42 Å². The number of carboxylic acids is 1. The molecule has 0 atom stereocenters. The minimum Gasteiger partial charge on any atom is -0.481 e. The van der Waals surface area contributed by atoms with Crippen molar-refractivity contribution < 1.29 is 14.3 Å². The topological polar surface area (TPSA) is 43.8 Å². The van der Waals surface area contributed by atoms with Crippen molar-refractivity contribution in [3.05, 3.63) is 30.1 Å². The van der Waals surface area contributed by atoms with Crippen molar-refractivity contribution in [1.82, 2.24) is 9.80 Å². The van der Waals surface area contributed by atoms with Crippen LogP contribution in [-0.4, -0.2) is 65.9 Å². The summed E-state index contributed by atoms with van der Waals surface area (Å²) in [5.41, 5.74) is 0. The third kappa shape index (κ3) is 6.03. The van der Waals surface area contributed by atoms with Crippen molar-refractivity contribution in [3.63, 3.8) is 0 Å². The highest BCUT2D eigenvalue weighted by Crippen LogP contribution is 2.18. The average Bonchev–Trinajstić information content (AvgIpc) is 2.48. The monoisotopic (exact) mass is 312 g/mol. The Labute approximate surface area is 128 Å². The Hall–Kier alpha value is -1.11. The van der Waals surface area contributed by atoms with E-state index in [0.717, 1.165) is 43.4 Å². The molecular weight excluding hydrogens is 291 g/mol. The summed E-state index contributed by atoms with van der Waals surface area (Å²) in [6.07, 6.45) is 0.223. The quantitative estimate of drug-likeness (QED) is 0.780. The van der Waals surface area contributed by atoms with Crippen molar-refractivity contribution in [3.8, 4) is 0 Å². The van der Waals surface area contributed by atoms with E-state index >= 15 is 0 Å². The fraction of sp³-hybridized carbons (Fsp3) is 0.533. The van der Waals surface area contributed by atoms with Crippen LogP contribution >= 0.6 is 11.8 Å². The van der Waals surface area contributed by atoms with Gasteiger partial charge < -0.3 is 10.0 Å². The molecule has 1 aliphatic heterocycles. The highest BCUT2D eigenvalue weighted by atomic mass is 32.2. The van der Waals surface area contributed by atoms with Gasteiger partial charge in [0.15, 0.2) is 0 Å². The van der Waals surface area contributed by atoms with Gasteiger partial charge >= 0.3 is 5.97 Å². The Morgan fingerprint density at radius 1 is 1.10 bits per heavy atom. The second-order valence-corrected chi connectivity index (χ2v) is 6.30. The fourth-order valence-corrected chi connectivity index (χ4v) is 3.23. The second kappa shape index (κ2) is 8.36. The van der Waals surface area contributed by atoms with Crippen LogP contribution in [0.3, 0.4) is 0 Å². The lowest BCUT2D eigenvalue weighted by molar-refractivity contribution is -0.137. The van der Waals surface area contributed by atoms with Gasteiger partial charge in [0.05, 0.1) is 6.42 Å². The summed E-state index contributed by atoms with van der Waals surface area (Å²) < 4.78 is 12.8. The van der Waals surface area contributed by atoms with Gasteiger partial charge in [-0.05, 0) is 24.3 Å². The summed E-state index contributed by atoms with van der Waals surface area (Å²) >= 11 is 1.74. The van der Waals surface area contributed by atoms with Crippen molar-refractivity contribution in [2.45, 2.75) is 11.3 Å². The number of carboxylic acid groups (broad SMARTS) is 1. The van der Waals surface area contributed by atoms with E-state index in [9.17, 15) is 9.18 Å². The zero-order valence-electron chi connectivity index (χ0n) is 12.0. The number of aliphatic carboxylic acids is 1. The van der Waals surface area contributed by atoms with Crippen LogP contribution < -0.4 is 0 Å². The Balaban J connectivity index is 1.60. The summed E-state index contributed by atoms with van der Waals surface area (Å²) in [4.78, 5) is 16.2. The molecular formula is C15H21FN2O2S. The van der Waals surface area contributed by atoms with Gasteiger partial charge in [-0.25, -0.2) is 4.39 Å². The second-order valence-electron chi connectivity index (χ2n) is 5.13. The van der Waals surface area contributed by atoms with Gasteiger partial charge in [-0.3, -0.25) is 9.69 Å². The third-order valence-corrected chi connectivity index (χ3v) is 4.59. The van der Waals surface area contributed by atoms with Gasteiger partial charge in [0.25, 0.3) is 0 Å². The first kappa shape index (κ1) is 16.3. The number of rotatable bonds is 7. The number of hydrogen-bond donors (Lipinski definition) is 1. The van der Waals surface area contributed by atoms with Crippen LogP contribution in [0.25, 0.3) is 0 Å². The molecule has 116 valence electrons. The van der Waals surface area contributed by atoms with Crippen LogP contribution in [0, 0.1) is 5.82 Å². The Morgan fingerprint density at radius 2 is 1.67 bits per heavy atom. The molecule has 1 N–H and O–H groups in total. The van der Waals surface area contributed by atoms with E-state index in [-0.39, 0.29) is 12.2 Å². The van der Waals surface area contributed by atoms with E-state index in [4.69, 9.17) is 5.11 Å². The van der Waals surface area contributed by atoms with Crippen LogP contribution in [0.15, 0.2) is 29.2 Å². The highest BCUT2D eigenvalue weighted by Gasteiger charge is 2.16. The lowest BCUT2D eigenvalue weighted by Crippen LogP contribution is -2.47. The number of nitrogens with zero attached hydrogens (tertiary/aromatic N) is 2. The summed E-state index contributed by atoms with van der Waals surface area (Å²) in [7, 11) is 0. The number of piperazine rings is 1. The van der Waals surface area contributed by atoms with E-state index in [0.29, 0.717) is 6.54 Å². The van der Waals surface area contributed by atoms with E-state index in [2.05, 4.69) is 9.80 Å². The zero-order valence-corrected chi connectivity index (χ0v) is 12.8. The van der Waals surface area contributed by atoms with Crippen molar-refractivity contribution in [1.29, 1.82) is 0 Å². The lowest BCUT2D eigenvalue weighted by atomic mass is 10.3. The Bertz CT molecular complexity index is 447. The SMILES string of the molecule is O=C(O)CCN1CCN(CCSc2ccc(F)cc2)CC1. The van der Waals surface area contributed by atoms with Gasteiger partial charge in [-0.2, -0.15) is 0 Å². The zero-order chi connectivity index (χ0) is 15.1. The lowest BCUT2D eigenvalue weighted by Gasteiger charge is -2.34. The van der Waals surface area contributed by atoms with Crippen LogP contribution in [-0.2, 0) is 4.79 Å². The molecule has 0 spiro atoms. The van der Waals surface area contributed by atoms with Crippen LogP contribution in [0.4, 0.5) is 4.39 Å². The molecule has 1 aromatic carbocycles. The predicted octanol–water partition coefficient (Wildman–Crippen LogP) is 2.01. The van der Waals surface area contributed by atoms with E-state index in [1.165, 1.54) is 12.1 Å². The van der Waals surface area contributed by atoms with E-state index in [1.807, 2.05) is 12.1 Å². The van der Waals surface area contributed by atoms with Gasteiger partial charge in [0, 0.05) is 49.9 Å². The minimum atomic E-state index is -0.729. The molecule has 6 heteroatoms. The predicted molar refractivity (Wildman–Crippen MR) is 82.3 cm³/mol. The molecule has 0 radical (unpaired) electrons. The first-order chi connectivity index (χ1) is 10.1.